The molecular weight excluding hydrogens is 413 g/mol. The number of likely N-dealkylation sites (tertiary alicyclic amines) is 1. The van der Waals surface area contributed by atoms with Crippen molar-refractivity contribution in [3.05, 3.63) is 35.7 Å². The molecule has 1 aliphatic carbocycles. The fourth-order valence-electron chi connectivity index (χ4n) is 4.99. The maximum Gasteiger partial charge on any atom is 0.336 e. The molecule has 0 aromatic heterocycles. The molecule has 3 amide bonds. The van der Waals surface area contributed by atoms with Crippen molar-refractivity contribution < 1.29 is 27.1 Å². The Balaban J connectivity index is 1.36. The quantitative estimate of drug-likeness (QED) is 0.732. The Kier molecular flexibility index (Phi) is 4.59. The first-order chi connectivity index (χ1) is 14.3. The van der Waals surface area contributed by atoms with Crippen LogP contribution < -0.4 is 5.32 Å². The topological polar surface area (TPSA) is 96.0 Å². The van der Waals surface area contributed by atoms with Gasteiger partial charge in [-0.15, -0.1) is 0 Å². The van der Waals surface area contributed by atoms with Crippen molar-refractivity contribution >= 4 is 27.6 Å². The van der Waals surface area contributed by atoms with Crippen molar-refractivity contribution in [1.29, 1.82) is 0 Å². The van der Waals surface area contributed by atoms with Gasteiger partial charge in [0.15, 0.2) is 0 Å². The number of amides is 3. The Morgan fingerprint density at radius 1 is 1.27 bits per heavy atom. The van der Waals surface area contributed by atoms with Crippen molar-refractivity contribution in [1.82, 2.24) is 9.21 Å². The minimum atomic E-state index is -4.32. The average Bonchev–Trinajstić information content (AvgIpc) is 3.34. The average molecular weight is 435 g/mol. The number of nitrogens with zero attached hydrogens (tertiary/aromatic N) is 2. The number of rotatable bonds is 3. The molecule has 1 aromatic rings. The van der Waals surface area contributed by atoms with Crippen LogP contribution in [0.4, 0.5) is 14.9 Å². The number of carbonyl (C=O) groups is 2. The Morgan fingerprint density at radius 2 is 2.03 bits per heavy atom. The molecule has 3 aliphatic heterocycles. The SMILES string of the molecule is O=C(CN1C(=O)Nc2ccc(F)cc2S1(=O)=O)N1C[C@H]2C=C(C3CCOCC3)[C@@H]1C2. The minimum Gasteiger partial charge on any atom is -0.381 e. The normalized spacial score (nSPS) is 27.6. The number of benzene rings is 1. The van der Waals surface area contributed by atoms with Crippen LogP contribution in [0.25, 0.3) is 0 Å². The van der Waals surface area contributed by atoms with Gasteiger partial charge in [-0.05, 0) is 54.9 Å². The second-order valence-corrected chi connectivity index (χ2v) is 10.0. The second kappa shape index (κ2) is 7.05. The highest BCUT2D eigenvalue weighted by molar-refractivity contribution is 7.90. The van der Waals surface area contributed by atoms with Crippen LogP contribution in [-0.4, -0.2) is 61.9 Å². The zero-order valence-corrected chi connectivity index (χ0v) is 17.0. The van der Waals surface area contributed by atoms with E-state index >= 15 is 0 Å². The summed E-state index contributed by atoms with van der Waals surface area (Å²) in [5.41, 5.74) is 1.25. The lowest BCUT2D eigenvalue weighted by Gasteiger charge is -2.35. The Morgan fingerprint density at radius 3 is 2.77 bits per heavy atom. The van der Waals surface area contributed by atoms with Gasteiger partial charge in [0.2, 0.25) is 5.91 Å². The van der Waals surface area contributed by atoms with Gasteiger partial charge in [-0.1, -0.05) is 6.08 Å². The molecule has 5 rings (SSSR count). The number of carbonyl (C=O) groups excluding carboxylic acids is 2. The fourth-order valence-corrected chi connectivity index (χ4v) is 6.43. The van der Waals surface area contributed by atoms with Crippen molar-refractivity contribution in [2.24, 2.45) is 11.8 Å². The molecule has 2 saturated heterocycles. The van der Waals surface area contributed by atoms with Crippen LogP contribution >= 0.6 is 0 Å². The van der Waals surface area contributed by atoms with Gasteiger partial charge in [0.25, 0.3) is 10.0 Å². The predicted molar refractivity (Wildman–Crippen MR) is 105 cm³/mol. The molecular formula is C20H22FN3O5S. The van der Waals surface area contributed by atoms with E-state index in [0.717, 1.165) is 31.4 Å². The molecule has 8 nitrogen and oxygen atoms in total. The van der Waals surface area contributed by atoms with E-state index in [4.69, 9.17) is 4.74 Å². The fraction of sp³-hybridized carbons (Fsp3) is 0.500. The molecule has 0 radical (unpaired) electrons. The molecule has 2 bridgehead atoms. The lowest BCUT2D eigenvalue weighted by molar-refractivity contribution is -0.131. The molecule has 4 aliphatic rings. The number of hydrogen-bond acceptors (Lipinski definition) is 5. The summed E-state index contributed by atoms with van der Waals surface area (Å²) >= 11 is 0. The molecule has 30 heavy (non-hydrogen) atoms. The van der Waals surface area contributed by atoms with Gasteiger partial charge in [-0.3, -0.25) is 4.79 Å². The zero-order valence-electron chi connectivity index (χ0n) is 16.2. The van der Waals surface area contributed by atoms with Crippen LogP contribution in [0.5, 0.6) is 0 Å². The zero-order chi connectivity index (χ0) is 21.0. The third kappa shape index (κ3) is 3.09. The number of fused-ring (bicyclic) bond motifs is 3. The van der Waals surface area contributed by atoms with E-state index < -0.39 is 34.3 Å². The highest BCUT2D eigenvalue weighted by Gasteiger charge is 2.46. The third-order valence-corrected chi connectivity index (χ3v) is 8.19. The first-order valence-corrected chi connectivity index (χ1v) is 11.5. The summed E-state index contributed by atoms with van der Waals surface area (Å²) in [6.07, 6.45) is 4.93. The largest absolute Gasteiger partial charge is 0.381 e. The van der Waals surface area contributed by atoms with Crippen LogP contribution in [0.1, 0.15) is 19.3 Å². The van der Waals surface area contributed by atoms with Crippen LogP contribution in [0.2, 0.25) is 0 Å². The van der Waals surface area contributed by atoms with Crippen molar-refractivity contribution in [2.45, 2.75) is 30.2 Å². The van der Waals surface area contributed by atoms with Gasteiger partial charge in [-0.2, -0.15) is 0 Å². The summed E-state index contributed by atoms with van der Waals surface area (Å²) in [6, 6.07) is 2.16. The van der Waals surface area contributed by atoms with E-state index in [0.29, 0.717) is 30.0 Å². The summed E-state index contributed by atoms with van der Waals surface area (Å²) in [6.45, 7) is 1.33. The maximum absolute atomic E-state index is 13.6. The van der Waals surface area contributed by atoms with E-state index in [1.807, 2.05) is 0 Å². The molecule has 2 atom stereocenters. The molecule has 2 fully saturated rings. The third-order valence-electron chi connectivity index (χ3n) is 6.42. The molecule has 3 heterocycles. The molecule has 160 valence electrons. The molecule has 0 spiro atoms. The van der Waals surface area contributed by atoms with Crippen molar-refractivity contribution in [2.75, 3.05) is 31.6 Å². The number of hydrogen-bond donors (Lipinski definition) is 1. The van der Waals surface area contributed by atoms with Gasteiger partial charge in [0.05, 0.1) is 11.7 Å². The lowest BCUT2D eigenvalue weighted by atomic mass is 9.87. The summed E-state index contributed by atoms with van der Waals surface area (Å²) in [4.78, 5) is 26.8. The number of halogens is 1. The molecule has 1 N–H and O–H groups in total. The molecule has 10 heteroatoms. The summed E-state index contributed by atoms with van der Waals surface area (Å²) < 4.78 is 45.3. The molecule has 1 aromatic carbocycles. The van der Waals surface area contributed by atoms with Crippen LogP contribution in [-0.2, 0) is 19.6 Å². The van der Waals surface area contributed by atoms with Gasteiger partial charge < -0.3 is 15.0 Å². The predicted octanol–water partition coefficient (Wildman–Crippen LogP) is 1.95. The van der Waals surface area contributed by atoms with Crippen molar-refractivity contribution in [3.8, 4) is 0 Å². The number of ether oxygens (including phenoxy) is 1. The Bertz CT molecular complexity index is 1050. The summed E-state index contributed by atoms with van der Waals surface area (Å²) in [7, 11) is -4.32. The van der Waals surface area contributed by atoms with Crippen LogP contribution in [0, 0.1) is 17.7 Å². The van der Waals surface area contributed by atoms with E-state index in [9.17, 15) is 22.4 Å². The Labute approximate surface area is 173 Å². The number of anilines is 1. The van der Waals surface area contributed by atoms with E-state index in [1.165, 1.54) is 11.6 Å². The minimum absolute atomic E-state index is 0.00932. The Hall–Kier alpha value is -2.46. The number of nitrogens with one attached hydrogen (secondary N) is 1. The molecule has 0 unspecified atom stereocenters. The number of sulfonamides is 1. The van der Waals surface area contributed by atoms with E-state index in [1.54, 1.807) is 4.90 Å². The van der Waals surface area contributed by atoms with E-state index in [2.05, 4.69) is 11.4 Å². The van der Waals surface area contributed by atoms with Crippen LogP contribution in [0.15, 0.2) is 34.7 Å². The van der Waals surface area contributed by atoms with Gasteiger partial charge in [0.1, 0.15) is 17.3 Å². The first kappa shape index (κ1) is 19.5. The van der Waals surface area contributed by atoms with Crippen molar-refractivity contribution in [3.63, 3.8) is 0 Å². The summed E-state index contributed by atoms with van der Waals surface area (Å²) in [5.74, 6) is -0.513. The number of urea groups is 1. The highest BCUT2D eigenvalue weighted by Crippen LogP contribution is 2.43. The smallest absolute Gasteiger partial charge is 0.336 e. The van der Waals surface area contributed by atoms with Gasteiger partial charge in [-0.25, -0.2) is 21.9 Å². The summed E-state index contributed by atoms with van der Waals surface area (Å²) in [5, 5.41) is 2.43. The van der Waals surface area contributed by atoms with Gasteiger partial charge >= 0.3 is 6.03 Å². The van der Waals surface area contributed by atoms with Crippen LogP contribution in [0.3, 0.4) is 0 Å². The first-order valence-electron chi connectivity index (χ1n) is 10.1. The lowest BCUT2D eigenvalue weighted by Crippen LogP contribution is -2.51. The van der Waals surface area contributed by atoms with E-state index in [-0.39, 0.29) is 22.5 Å². The van der Waals surface area contributed by atoms with Gasteiger partial charge in [0, 0.05) is 19.8 Å². The standard InChI is InChI=1S/C20H22FN3O5S/c21-14-1-2-16-18(9-14)30(27,28)24(20(26)22-16)11-19(25)23-10-12-7-15(17(23)8-12)13-3-5-29-6-4-13/h1-2,7,9,12-13,17H,3-6,8,10-11H2,(H,22,26)/t12-,17-/m0/s1. The second-order valence-electron chi connectivity index (χ2n) is 8.19. The molecule has 0 saturated carbocycles. The monoisotopic (exact) mass is 435 g/mol. The maximum atomic E-state index is 13.6. The highest BCUT2D eigenvalue weighted by atomic mass is 32.2.